The van der Waals surface area contributed by atoms with Crippen LogP contribution in [-0.2, 0) is 4.79 Å². The van der Waals surface area contributed by atoms with Crippen molar-refractivity contribution in [1.82, 2.24) is 9.80 Å². The minimum Gasteiger partial charge on any atom is -0.368 e. The van der Waals surface area contributed by atoms with Gasteiger partial charge in [0.15, 0.2) is 0 Å². The number of rotatable bonds is 3. The summed E-state index contributed by atoms with van der Waals surface area (Å²) in [6.07, 6.45) is 1.04. The molecule has 0 aliphatic carbocycles. The Morgan fingerprint density at radius 3 is 2.13 bits per heavy atom. The number of urea groups is 1. The van der Waals surface area contributed by atoms with E-state index >= 15 is 0 Å². The first-order chi connectivity index (χ1) is 6.95. The van der Waals surface area contributed by atoms with E-state index < -0.39 is 11.9 Å². The van der Waals surface area contributed by atoms with Gasteiger partial charge < -0.3 is 15.5 Å². The Labute approximate surface area is 90.2 Å². The van der Waals surface area contributed by atoms with Crippen molar-refractivity contribution in [3.63, 3.8) is 0 Å². The highest BCUT2D eigenvalue weighted by Gasteiger charge is 2.32. The van der Waals surface area contributed by atoms with Crippen LogP contribution in [0.15, 0.2) is 0 Å². The van der Waals surface area contributed by atoms with Crippen LogP contribution in [0.3, 0.4) is 0 Å². The number of hydrogen-bond acceptors (Lipinski definition) is 2. The molecule has 0 aromatic rings. The molecule has 0 spiro atoms. The van der Waals surface area contributed by atoms with E-state index in [1.165, 1.54) is 4.90 Å². The first-order valence-corrected chi connectivity index (χ1v) is 5.26. The van der Waals surface area contributed by atoms with E-state index in [9.17, 15) is 9.59 Å². The van der Waals surface area contributed by atoms with Crippen molar-refractivity contribution in [3.8, 4) is 0 Å². The monoisotopic (exact) mass is 213 g/mol. The number of likely N-dealkylation sites (N-methyl/N-ethyl adjacent to an activating group) is 1. The van der Waals surface area contributed by atoms with Gasteiger partial charge in [0.2, 0.25) is 5.91 Å². The van der Waals surface area contributed by atoms with Crippen LogP contribution in [-0.4, -0.2) is 47.9 Å². The molecule has 0 aromatic carbocycles. The van der Waals surface area contributed by atoms with Crippen molar-refractivity contribution < 1.29 is 9.59 Å². The molecule has 15 heavy (non-hydrogen) atoms. The van der Waals surface area contributed by atoms with Gasteiger partial charge in [0.25, 0.3) is 0 Å². The maximum absolute atomic E-state index is 11.8. The van der Waals surface area contributed by atoms with Crippen molar-refractivity contribution in [2.24, 2.45) is 11.7 Å². The van der Waals surface area contributed by atoms with Crippen molar-refractivity contribution in [2.45, 2.75) is 26.3 Å². The molecule has 1 rings (SSSR count). The molecule has 0 unspecified atom stereocenters. The van der Waals surface area contributed by atoms with E-state index in [0.717, 1.165) is 19.5 Å². The fourth-order valence-corrected chi connectivity index (χ4v) is 1.82. The Balaban J connectivity index is 2.66. The molecule has 2 N–H and O–H groups in total. The van der Waals surface area contributed by atoms with Gasteiger partial charge in [-0.15, -0.1) is 0 Å². The Bertz CT molecular complexity index is 261. The number of carbonyl (C=O) groups excluding carboxylic acids is 2. The van der Waals surface area contributed by atoms with E-state index in [4.69, 9.17) is 5.73 Å². The van der Waals surface area contributed by atoms with Gasteiger partial charge in [-0.05, 0) is 12.3 Å². The molecular weight excluding hydrogens is 194 g/mol. The van der Waals surface area contributed by atoms with Crippen LogP contribution in [0, 0.1) is 5.92 Å². The van der Waals surface area contributed by atoms with Gasteiger partial charge in [-0.1, -0.05) is 13.8 Å². The van der Waals surface area contributed by atoms with Gasteiger partial charge in [-0.3, -0.25) is 4.79 Å². The number of carbonyl (C=O) groups is 2. The molecule has 3 amide bonds. The maximum Gasteiger partial charge on any atom is 0.320 e. The van der Waals surface area contributed by atoms with E-state index in [0.29, 0.717) is 0 Å². The smallest absolute Gasteiger partial charge is 0.320 e. The molecule has 1 fully saturated rings. The molecule has 0 bridgehead atoms. The molecule has 1 aliphatic rings. The number of primary amides is 1. The zero-order valence-corrected chi connectivity index (χ0v) is 9.56. The van der Waals surface area contributed by atoms with Crippen LogP contribution < -0.4 is 5.73 Å². The second-order valence-corrected chi connectivity index (χ2v) is 4.33. The lowest BCUT2D eigenvalue weighted by Crippen LogP contribution is -2.55. The van der Waals surface area contributed by atoms with E-state index in [-0.39, 0.29) is 11.9 Å². The molecule has 0 saturated carbocycles. The zero-order valence-electron chi connectivity index (χ0n) is 9.56. The molecular formula is C10H19N3O2. The molecule has 1 heterocycles. The summed E-state index contributed by atoms with van der Waals surface area (Å²) in [6.45, 7) is 5.34. The fraction of sp³-hybridized carbons (Fsp3) is 0.800. The summed E-state index contributed by atoms with van der Waals surface area (Å²) < 4.78 is 0. The van der Waals surface area contributed by atoms with E-state index in [1.807, 2.05) is 13.8 Å². The second-order valence-electron chi connectivity index (χ2n) is 4.33. The van der Waals surface area contributed by atoms with Gasteiger partial charge >= 0.3 is 6.03 Å². The van der Waals surface area contributed by atoms with Crippen LogP contribution in [0.2, 0.25) is 0 Å². The summed E-state index contributed by atoms with van der Waals surface area (Å²) in [5, 5.41) is 0. The van der Waals surface area contributed by atoms with Crippen molar-refractivity contribution in [2.75, 3.05) is 20.1 Å². The average molecular weight is 213 g/mol. The van der Waals surface area contributed by atoms with Gasteiger partial charge in [-0.25, -0.2) is 4.79 Å². The summed E-state index contributed by atoms with van der Waals surface area (Å²) in [6, 6.07) is -0.614. The Kier molecular flexibility index (Phi) is 3.55. The highest BCUT2D eigenvalue weighted by molar-refractivity contribution is 5.86. The van der Waals surface area contributed by atoms with Crippen LogP contribution >= 0.6 is 0 Å². The number of likely N-dealkylation sites (tertiary alicyclic amines) is 1. The Morgan fingerprint density at radius 2 is 1.87 bits per heavy atom. The van der Waals surface area contributed by atoms with Crippen molar-refractivity contribution in [1.29, 1.82) is 0 Å². The fourth-order valence-electron chi connectivity index (χ4n) is 1.82. The minimum atomic E-state index is -0.516. The third-order valence-corrected chi connectivity index (χ3v) is 2.77. The topological polar surface area (TPSA) is 66.6 Å². The number of nitrogens with two attached hydrogens (primary N) is 1. The summed E-state index contributed by atoms with van der Waals surface area (Å²) in [5.74, 6) is -0.404. The van der Waals surface area contributed by atoms with Gasteiger partial charge in [-0.2, -0.15) is 0 Å². The predicted octanol–water partition coefficient (Wildman–Crippen LogP) is 0.254. The number of amides is 3. The second kappa shape index (κ2) is 4.51. The lowest BCUT2D eigenvalue weighted by Gasteiger charge is -2.38. The lowest BCUT2D eigenvalue weighted by atomic mass is 10.0. The highest BCUT2D eigenvalue weighted by atomic mass is 16.2. The molecule has 0 radical (unpaired) electrons. The summed E-state index contributed by atoms with van der Waals surface area (Å²) in [7, 11) is 1.64. The van der Waals surface area contributed by atoms with Gasteiger partial charge in [0.05, 0.1) is 0 Å². The van der Waals surface area contributed by atoms with Gasteiger partial charge in [0, 0.05) is 20.1 Å². The van der Waals surface area contributed by atoms with Crippen molar-refractivity contribution >= 4 is 11.9 Å². The highest BCUT2D eigenvalue weighted by Crippen LogP contribution is 2.14. The Morgan fingerprint density at radius 1 is 1.33 bits per heavy atom. The third kappa shape index (κ3) is 2.40. The van der Waals surface area contributed by atoms with E-state index in [2.05, 4.69) is 0 Å². The SMILES string of the molecule is CC(C)[C@@H](C(N)=O)N(C)C(=O)N1CCC1. The van der Waals surface area contributed by atoms with Crippen LogP contribution in [0.4, 0.5) is 4.79 Å². The summed E-state index contributed by atoms with van der Waals surface area (Å²) in [5.41, 5.74) is 5.28. The number of nitrogens with zero attached hydrogens (tertiary/aromatic N) is 2. The van der Waals surface area contributed by atoms with Crippen LogP contribution in [0.25, 0.3) is 0 Å². The molecule has 1 saturated heterocycles. The molecule has 0 aromatic heterocycles. The molecule has 5 heteroatoms. The molecule has 86 valence electrons. The summed E-state index contributed by atoms with van der Waals surface area (Å²) in [4.78, 5) is 26.2. The van der Waals surface area contributed by atoms with Crippen molar-refractivity contribution in [3.05, 3.63) is 0 Å². The number of hydrogen-bond donors (Lipinski definition) is 1. The third-order valence-electron chi connectivity index (χ3n) is 2.77. The predicted molar refractivity (Wildman–Crippen MR) is 57.2 cm³/mol. The lowest BCUT2D eigenvalue weighted by molar-refractivity contribution is -0.123. The Hall–Kier alpha value is -1.26. The average Bonchev–Trinajstić information content (AvgIpc) is 1.98. The quantitative estimate of drug-likeness (QED) is 0.730. The standard InChI is InChI=1S/C10H19N3O2/c1-7(2)8(9(11)14)12(3)10(15)13-5-4-6-13/h7-8H,4-6H2,1-3H3,(H2,11,14)/t8-/m0/s1. The van der Waals surface area contributed by atoms with Crippen LogP contribution in [0.1, 0.15) is 20.3 Å². The first kappa shape index (κ1) is 11.8. The molecule has 5 nitrogen and oxygen atoms in total. The largest absolute Gasteiger partial charge is 0.368 e. The van der Waals surface area contributed by atoms with Gasteiger partial charge in [0.1, 0.15) is 6.04 Å². The molecule has 1 atom stereocenters. The normalized spacial score (nSPS) is 17.2. The van der Waals surface area contributed by atoms with E-state index in [1.54, 1.807) is 11.9 Å². The molecule has 1 aliphatic heterocycles. The summed E-state index contributed by atoms with van der Waals surface area (Å²) >= 11 is 0. The maximum atomic E-state index is 11.8. The minimum absolute atomic E-state index is 0.0396. The zero-order chi connectivity index (χ0) is 11.6. The first-order valence-electron chi connectivity index (χ1n) is 5.26. The van der Waals surface area contributed by atoms with Crippen LogP contribution in [0.5, 0.6) is 0 Å².